The molecule has 0 fully saturated rings. The second-order valence-corrected chi connectivity index (χ2v) is 6.32. The fourth-order valence-electron chi connectivity index (χ4n) is 2.78. The Hall–Kier alpha value is -3.15. The summed E-state index contributed by atoms with van der Waals surface area (Å²) in [6.45, 7) is 6.40. The van der Waals surface area contributed by atoms with Crippen LogP contribution in [-0.4, -0.2) is 28.3 Å². The van der Waals surface area contributed by atoms with Gasteiger partial charge in [0.1, 0.15) is 5.75 Å². The van der Waals surface area contributed by atoms with E-state index in [1.165, 1.54) is 4.68 Å². The molecule has 140 valence electrons. The first kappa shape index (κ1) is 18.6. The number of fused-ring (bicyclic) bond motifs is 1. The number of amides is 1. The molecule has 0 bridgehead atoms. The number of hydrogen-bond acceptors (Lipinski definition) is 4. The lowest BCUT2D eigenvalue weighted by molar-refractivity contribution is 0.0934. The lowest BCUT2D eigenvalue weighted by Gasteiger charge is -2.14. The molecule has 1 N–H and O–H groups in total. The molecule has 0 saturated heterocycles. The van der Waals surface area contributed by atoms with E-state index in [0.29, 0.717) is 28.8 Å². The highest BCUT2D eigenvalue weighted by molar-refractivity contribution is 6.04. The van der Waals surface area contributed by atoms with Crippen molar-refractivity contribution in [2.24, 2.45) is 0 Å². The highest BCUT2D eigenvalue weighted by Gasteiger charge is 2.18. The molecule has 0 radical (unpaired) electrons. The van der Waals surface area contributed by atoms with Crippen LogP contribution in [0.1, 0.15) is 37.7 Å². The zero-order valence-electron chi connectivity index (χ0n) is 15.7. The molecule has 0 aliphatic carbocycles. The average molecular weight is 365 g/mol. The van der Waals surface area contributed by atoms with Crippen LogP contribution >= 0.6 is 0 Å². The van der Waals surface area contributed by atoms with Gasteiger partial charge in [0.2, 0.25) is 0 Å². The molecule has 6 nitrogen and oxygen atoms in total. The summed E-state index contributed by atoms with van der Waals surface area (Å²) >= 11 is 0. The molecule has 6 heteroatoms. The monoisotopic (exact) mass is 365 g/mol. The minimum Gasteiger partial charge on any atom is -0.494 e. The molecule has 1 heterocycles. The maximum atomic E-state index is 12.9. The molecule has 3 aromatic rings. The quantitative estimate of drug-likeness (QED) is 0.727. The lowest BCUT2D eigenvalue weighted by Crippen LogP contribution is -2.34. The summed E-state index contributed by atoms with van der Waals surface area (Å²) in [6, 6.07) is 14.1. The largest absolute Gasteiger partial charge is 0.494 e. The van der Waals surface area contributed by atoms with Gasteiger partial charge in [-0.15, -0.1) is 0 Å². The van der Waals surface area contributed by atoms with E-state index in [-0.39, 0.29) is 23.2 Å². The summed E-state index contributed by atoms with van der Waals surface area (Å²) in [7, 11) is 0. The highest BCUT2D eigenvalue weighted by Crippen LogP contribution is 2.17. The normalized spacial score (nSPS) is 12.0. The molecule has 27 heavy (non-hydrogen) atoms. The van der Waals surface area contributed by atoms with Gasteiger partial charge < -0.3 is 10.1 Å². The first-order chi connectivity index (χ1) is 13.0. The van der Waals surface area contributed by atoms with E-state index in [2.05, 4.69) is 10.4 Å². The van der Waals surface area contributed by atoms with Gasteiger partial charge in [-0.1, -0.05) is 25.1 Å². The van der Waals surface area contributed by atoms with Gasteiger partial charge in [-0.3, -0.25) is 9.59 Å². The van der Waals surface area contributed by atoms with E-state index in [1.54, 1.807) is 48.5 Å². The highest BCUT2D eigenvalue weighted by atomic mass is 16.5. The fourth-order valence-corrected chi connectivity index (χ4v) is 2.78. The summed E-state index contributed by atoms with van der Waals surface area (Å²) in [4.78, 5) is 25.7. The van der Waals surface area contributed by atoms with Gasteiger partial charge in [-0.25, -0.2) is 0 Å². The SMILES string of the molecule is CCOc1ccc(-n2nc(C(=O)N[C@H](C)CC)c3ccccc3c2=O)cc1. The topological polar surface area (TPSA) is 73.2 Å². The Morgan fingerprint density at radius 1 is 1.11 bits per heavy atom. The molecule has 0 unspecified atom stereocenters. The zero-order valence-corrected chi connectivity index (χ0v) is 15.7. The minimum atomic E-state index is -0.291. The first-order valence-electron chi connectivity index (χ1n) is 9.11. The van der Waals surface area contributed by atoms with Crippen molar-refractivity contribution in [2.45, 2.75) is 33.2 Å². The summed E-state index contributed by atoms with van der Waals surface area (Å²) in [5.74, 6) is 0.421. The molecule has 1 atom stereocenters. The van der Waals surface area contributed by atoms with Crippen molar-refractivity contribution in [3.05, 3.63) is 64.6 Å². The van der Waals surface area contributed by atoms with Crippen LogP contribution in [-0.2, 0) is 0 Å². The number of rotatable bonds is 6. The first-order valence-corrected chi connectivity index (χ1v) is 9.11. The van der Waals surface area contributed by atoms with Gasteiger partial charge >= 0.3 is 0 Å². The van der Waals surface area contributed by atoms with Crippen LogP contribution in [0.2, 0.25) is 0 Å². The standard InChI is InChI=1S/C21H23N3O3/c1-4-14(3)22-20(25)19-17-8-6-7-9-18(17)21(26)24(23-19)15-10-12-16(13-11-15)27-5-2/h6-14H,4-5H2,1-3H3,(H,22,25)/t14-/m1/s1. The number of nitrogens with one attached hydrogen (secondary N) is 1. The smallest absolute Gasteiger partial charge is 0.279 e. The van der Waals surface area contributed by atoms with Crippen LogP contribution in [0.25, 0.3) is 16.5 Å². The van der Waals surface area contributed by atoms with Gasteiger partial charge in [0.05, 0.1) is 17.7 Å². The second kappa shape index (κ2) is 8.03. The van der Waals surface area contributed by atoms with Crippen LogP contribution in [0.15, 0.2) is 53.3 Å². The molecule has 3 rings (SSSR count). The second-order valence-electron chi connectivity index (χ2n) is 6.32. The third-order valence-corrected chi connectivity index (χ3v) is 4.40. The van der Waals surface area contributed by atoms with Crippen molar-refractivity contribution in [3.63, 3.8) is 0 Å². The van der Waals surface area contributed by atoms with Crippen molar-refractivity contribution < 1.29 is 9.53 Å². The number of hydrogen-bond donors (Lipinski definition) is 1. The average Bonchev–Trinajstić information content (AvgIpc) is 2.69. The molecular formula is C21H23N3O3. The Morgan fingerprint density at radius 3 is 2.41 bits per heavy atom. The van der Waals surface area contributed by atoms with Crippen molar-refractivity contribution >= 4 is 16.7 Å². The van der Waals surface area contributed by atoms with Crippen LogP contribution in [0.3, 0.4) is 0 Å². The zero-order chi connectivity index (χ0) is 19.4. The third-order valence-electron chi connectivity index (χ3n) is 4.40. The van der Waals surface area contributed by atoms with Gasteiger partial charge in [0, 0.05) is 11.4 Å². The Morgan fingerprint density at radius 2 is 1.78 bits per heavy atom. The Balaban J connectivity index is 2.14. The molecule has 0 aliphatic heterocycles. The summed E-state index contributed by atoms with van der Waals surface area (Å²) in [5.41, 5.74) is 0.543. The van der Waals surface area contributed by atoms with E-state index in [1.807, 2.05) is 20.8 Å². The number of carbonyl (C=O) groups is 1. The van der Waals surface area contributed by atoms with Crippen LogP contribution < -0.4 is 15.6 Å². The van der Waals surface area contributed by atoms with Gasteiger partial charge in [-0.05, 0) is 50.6 Å². The summed E-state index contributed by atoms with van der Waals surface area (Å²) < 4.78 is 6.71. The number of aromatic nitrogens is 2. The van der Waals surface area contributed by atoms with Gasteiger partial charge in [0.25, 0.3) is 11.5 Å². The fraction of sp³-hybridized carbons (Fsp3) is 0.286. The Bertz CT molecular complexity index is 1010. The van der Waals surface area contributed by atoms with E-state index >= 15 is 0 Å². The predicted molar refractivity (Wildman–Crippen MR) is 106 cm³/mol. The molecular weight excluding hydrogens is 342 g/mol. The third kappa shape index (κ3) is 3.84. The molecule has 1 amide bonds. The van der Waals surface area contributed by atoms with Gasteiger partial charge in [0.15, 0.2) is 5.69 Å². The Labute approximate surface area is 157 Å². The summed E-state index contributed by atoms with van der Waals surface area (Å²) in [5, 5.41) is 8.31. The number of nitrogens with zero attached hydrogens (tertiary/aromatic N) is 2. The summed E-state index contributed by atoms with van der Waals surface area (Å²) in [6.07, 6.45) is 0.808. The molecule has 0 aliphatic rings. The van der Waals surface area contributed by atoms with Crippen molar-refractivity contribution in [3.8, 4) is 11.4 Å². The van der Waals surface area contributed by atoms with Crippen LogP contribution in [0.5, 0.6) is 5.75 Å². The Kier molecular flexibility index (Phi) is 5.54. The van der Waals surface area contributed by atoms with Crippen molar-refractivity contribution in [2.75, 3.05) is 6.61 Å². The van der Waals surface area contributed by atoms with Gasteiger partial charge in [-0.2, -0.15) is 9.78 Å². The maximum absolute atomic E-state index is 12.9. The molecule has 2 aromatic carbocycles. The predicted octanol–water partition coefficient (Wildman–Crippen LogP) is 3.31. The number of benzene rings is 2. The van der Waals surface area contributed by atoms with E-state index in [9.17, 15) is 9.59 Å². The van der Waals surface area contributed by atoms with E-state index < -0.39 is 0 Å². The van der Waals surface area contributed by atoms with Crippen molar-refractivity contribution in [1.82, 2.24) is 15.1 Å². The number of ether oxygens (including phenoxy) is 1. The van der Waals surface area contributed by atoms with E-state index in [0.717, 1.165) is 6.42 Å². The van der Waals surface area contributed by atoms with Crippen molar-refractivity contribution in [1.29, 1.82) is 0 Å². The van der Waals surface area contributed by atoms with Crippen LogP contribution in [0, 0.1) is 0 Å². The molecule has 0 saturated carbocycles. The molecule has 0 spiro atoms. The number of carbonyl (C=O) groups excluding carboxylic acids is 1. The lowest BCUT2D eigenvalue weighted by atomic mass is 10.1. The molecule has 1 aromatic heterocycles. The minimum absolute atomic E-state index is 0.0175. The maximum Gasteiger partial charge on any atom is 0.279 e. The van der Waals surface area contributed by atoms with E-state index in [4.69, 9.17) is 4.74 Å². The van der Waals surface area contributed by atoms with Crippen LogP contribution in [0.4, 0.5) is 0 Å².